The number of halogens is 1. The van der Waals surface area contributed by atoms with Gasteiger partial charge in [0.25, 0.3) is 0 Å². The van der Waals surface area contributed by atoms with Crippen LogP contribution in [0.5, 0.6) is 0 Å². The molecule has 1 nitrogen and oxygen atoms in total. The van der Waals surface area contributed by atoms with Gasteiger partial charge >= 0.3 is 0 Å². The Morgan fingerprint density at radius 1 is 1.10 bits per heavy atom. The first-order valence-electron chi connectivity index (χ1n) is 6.51. The summed E-state index contributed by atoms with van der Waals surface area (Å²) >= 11 is 1.54. The van der Waals surface area contributed by atoms with Gasteiger partial charge in [-0.05, 0) is 48.7 Å². The van der Waals surface area contributed by atoms with Crippen LogP contribution in [0.15, 0.2) is 47.4 Å². The molecule has 0 saturated heterocycles. The molecule has 0 heterocycles. The van der Waals surface area contributed by atoms with Gasteiger partial charge in [-0.1, -0.05) is 24.3 Å². The minimum atomic E-state index is -0.287. The lowest BCUT2D eigenvalue weighted by molar-refractivity contribution is -0.116. The Morgan fingerprint density at radius 3 is 2.60 bits per heavy atom. The summed E-state index contributed by atoms with van der Waals surface area (Å²) in [6.07, 6.45) is 0.294. The number of carbonyl (C=O) groups is 1. The van der Waals surface area contributed by atoms with Crippen LogP contribution in [0.3, 0.4) is 0 Å². The van der Waals surface area contributed by atoms with E-state index in [0.717, 1.165) is 16.0 Å². The average molecular weight is 288 g/mol. The first-order valence-corrected chi connectivity index (χ1v) is 7.50. The largest absolute Gasteiger partial charge is 0.298 e. The standard InChI is InChI=1S/C17H17FOS/c1-12-7-8-15(18)9-14(12)10-16(19)11-20-17-6-4-3-5-13(17)2/h3-9H,10-11H2,1-2H3. The zero-order chi connectivity index (χ0) is 14.5. The summed E-state index contributed by atoms with van der Waals surface area (Å²) in [4.78, 5) is 13.1. The quantitative estimate of drug-likeness (QED) is 0.761. The summed E-state index contributed by atoms with van der Waals surface area (Å²) in [5.41, 5.74) is 2.91. The van der Waals surface area contributed by atoms with Crippen LogP contribution >= 0.6 is 11.8 Å². The van der Waals surface area contributed by atoms with Gasteiger partial charge in [-0.2, -0.15) is 0 Å². The van der Waals surface area contributed by atoms with Crippen molar-refractivity contribution in [3.05, 3.63) is 65.0 Å². The first-order chi connectivity index (χ1) is 9.56. The molecule has 0 bridgehead atoms. The molecule has 20 heavy (non-hydrogen) atoms. The molecule has 0 fully saturated rings. The van der Waals surface area contributed by atoms with Crippen LogP contribution < -0.4 is 0 Å². The fourth-order valence-electron chi connectivity index (χ4n) is 1.97. The van der Waals surface area contributed by atoms with Crippen molar-refractivity contribution in [1.82, 2.24) is 0 Å². The van der Waals surface area contributed by atoms with E-state index in [1.165, 1.54) is 17.7 Å². The molecule has 0 unspecified atom stereocenters. The Balaban J connectivity index is 1.96. The average Bonchev–Trinajstić information content (AvgIpc) is 2.42. The SMILES string of the molecule is Cc1ccc(F)cc1CC(=O)CSc1ccccc1C. The van der Waals surface area contributed by atoms with Gasteiger partial charge in [0.2, 0.25) is 0 Å². The topological polar surface area (TPSA) is 17.1 Å². The highest BCUT2D eigenvalue weighted by molar-refractivity contribution is 8.00. The molecule has 0 aromatic heterocycles. The van der Waals surface area contributed by atoms with Crippen molar-refractivity contribution < 1.29 is 9.18 Å². The molecule has 2 aromatic carbocycles. The molecule has 2 rings (SSSR count). The summed E-state index contributed by atoms with van der Waals surface area (Å²) in [6, 6.07) is 12.6. The van der Waals surface area contributed by atoms with Gasteiger partial charge in [-0.3, -0.25) is 4.79 Å². The van der Waals surface area contributed by atoms with Crippen molar-refractivity contribution in [3.8, 4) is 0 Å². The molecule has 0 aliphatic carbocycles. The van der Waals surface area contributed by atoms with Crippen molar-refractivity contribution in [2.45, 2.75) is 25.2 Å². The molecule has 0 aliphatic heterocycles. The van der Waals surface area contributed by atoms with E-state index in [4.69, 9.17) is 0 Å². The molecule has 2 aromatic rings. The highest BCUT2D eigenvalue weighted by Crippen LogP contribution is 2.22. The van der Waals surface area contributed by atoms with Crippen LogP contribution in [0.2, 0.25) is 0 Å². The molecule has 0 spiro atoms. The van der Waals surface area contributed by atoms with Crippen LogP contribution in [-0.2, 0) is 11.2 Å². The lowest BCUT2D eigenvalue weighted by atomic mass is 10.0. The number of Topliss-reactive ketones (excluding diaryl/α,β-unsaturated/α-hetero) is 1. The van der Waals surface area contributed by atoms with E-state index in [1.54, 1.807) is 17.8 Å². The van der Waals surface area contributed by atoms with Crippen LogP contribution in [0.4, 0.5) is 4.39 Å². The fourth-order valence-corrected chi connectivity index (χ4v) is 2.86. The van der Waals surface area contributed by atoms with Crippen molar-refractivity contribution in [3.63, 3.8) is 0 Å². The zero-order valence-electron chi connectivity index (χ0n) is 11.7. The van der Waals surface area contributed by atoms with Gasteiger partial charge in [-0.15, -0.1) is 11.8 Å². The van der Waals surface area contributed by atoms with Gasteiger partial charge in [0, 0.05) is 11.3 Å². The zero-order valence-corrected chi connectivity index (χ0v) is 12.5. The van der Waals surface area contributed by atoms with Gasteiger partial charge in [0.05, 0.1) is 5.75 Å². The van der Waals surface area contributed by atoms with E-state index >= 15 is 0 Å². The van der Waals surface area contributed by atoms with Crippen molar-refractivity contribution in [1.29, 1.82) is 0 Å². The smallest absolute Gasteiger partial charge is 0.147 e. The van der Waals surface area contributed by atoms with E-state index in [0.29, 0.717) is 12.2 Å². The fraction of sp³-hybridized carbons (Fsp3) is 0.235. The molecule has 0 atom stereocenters. The van der Waals surface area contributed by atoms with Crippen LogP contribution in [0.1, 0.15) is 16.7 Å². The Morgan fingerprint density at radius 2 is 1.85 bits per heavy atom. The Labute approximate surface area is 123 Å². The summed E-state index contributed by atoms with van der Waals surface area (Å²) in [5.74, 6) is 0.248. The molecule has 0 aliphatic rings. The third kappa shape index (κ3) is 3.94. The highest BCUT2D eigenvalue weighted by atomic mass is 32.2. The third-order valence-electron chi connectivity index (χ3n) is 3.18. The van der Waals surface area contributed by atoms with E-state index < -0.39 is 0 Å². The second-order valence-electron chi connectivity index (χ2n) is 4.84. The van der Waals surface area contributed by atoms with E-state index in [2.05, 4.69) is 0 Å². The number of hydrogen-bond donors (Lipinski definition) is 0. The molecular formula is C17H17FOS. The van der Waals surface area contributed by atoms with E-state index in [1.807, 2.05) is 38.1 Å². The summed E-state index contributed by atoms with van der Waals surface area (Å²) in [6.45, 7) is 3.93. The van der Waals surface area contributed by atoms with Gasteiger partial charge < -0.3 is 0 Å². The van der Waals surface area contributed by atoms with E-state index in [9.17, 15) is 9.18 Å². The van der Waals surface area contributed by atoms with Crippen LogP contribution in [-0.4, -0.2) is 11.5 Å². The van der Waals surface area contributed by atoms with Gasteiger partial charge in [0.15, 0.2) is 0 Å². The van der Waals surface area contributed by atoms with Crippen molar-refractivity contribution in [2.24, 2.45) is 0 Å². The van der Waals surface area contributed by atoms with E-state index in [-0.39, 0.29) is 11.6 Å². The maximum Gasteiger partial charge on any atom is 0.147 e. The Bertz CT molecular complexity index is 622. The monoisotopic (exact) mass is 288 g/mol. The second-order valence-corrected chi connectivity index (χ2v) is 5.86. The molecule has 104 valence electrons. The van der Waals surface area contributed by atoms with Crippen molar-refractivity contribution in [2.75, 3.05) is 5.75 Å². The maximum atomic E-state index is 13.2. The Kier molecular flexibility index (Phi) is 4.96. The minimum Gasteiger partial charge on any atom is -0.298 e. The number of rotatable bonds is 5. The molecule has 3 heteroatoms. The minimum absolute atomic E-state index is 0.118. The number of hydrogen-bond acceptors (Lipinski definition) is 2. The predicted octanol–water partition coefficient (Wildman–Crippen LogP) is 4.35. The number of ketones is 1. The normalized spacial score (nSPS) is 10.6. The summed E-state index contributed by atoms with van der Waals surface area (Å²) < 4.78 is 13.2. The third-order valence-corrected chi connectivity index (χ3v) is 4.42. The molecule has 0 N–H and O–H groups in total. The van der Waals surface area contributed by atoms with Gasteiger partial charge in [-0.25, -0.2) is 4.39 Å². The molecular weight excluding hydrogens is 271 g/mol. The summed E-state index contributed by atoms with van der Waals surface area (Å²) in [5, 5.41) is 0. The van der Waals surface area contributed by atoms with Gasteiger partial charge in [0.1, 0.15) is 11.6 Å². The maximum absolute atomic E-state index is 13.2. The van der Waals surface area contributed by atoms with Crippen LogP contribution in [0.25, 0.3) is 0 Å². The number of thioether (sulfide) groups is 1. The number of carbonyl (C=O) groups excluding carboxylic acids is 1. The predicted molar refractivity (Wildman–Crippen MR) is 81.8 cm³/mol. The van der Waals surface area contributed by atoms with Crippen LogP contribution in [0, 0.1) is 19.7 Å². The lowest BCUT2D eigenvalue weighted by Gasteiger charge is -2.07. The summed E-state index contributed by atoms with van der Waals surface area (Å²) in [7, 11) is 0. The molecule has 0 saturated carbocycles. The number of benzene rings is 2. The highest BCUT2D eigenvalue weighted by Gasteiger charge is 2.09. The first kappa shape index (κ1) is 14.8. The second kappa shape index (κ2) is 6.71. The molecule has 0 amide bonds. The van der Waals surface area contributed by atoms with Crippen molar-refractivity contribution >= 4 is 17.5 Å². The lowest BCUT2D eigenvalue weighted by Crippen LogP contribution is -2.07. The Hall–Kier alpha value is -1.61. The molecule has 0 radical (unpaired) electrons. The number of aryl methyl sites for hydroxylation is 2.